The van der Waals surface area contributed by atoms with Crippen LogP contribution >= 0.6 is 0 Å². The van der Waals surface area contributed by atoms with Crippen LogP contribution in [-0.4, -0.2) is 74.4 Å². The smallest absolute Gasteiger partial charge is 0.405 e. The molecule has 2 bridgehead atoms. The van der Waals surface area contributed by atoms with Gasteiger partial charge in [0, 0.05) is 38.0 Å². The molecule has 0 radical (unpaired) electrons. The maximum atomic E-state index is 13.5. The summed E-state index contributed by atoms with van der Waals surface area (Å²) in [7, 11) is 3.01. The molecule has 230 valence electrons. The average molecular weight is 586 g/mol. The summed E-state index contributed by atoms with van der Waals surface area (Å²) in [5.74, 6) is -1.63. The molecule has 1 heterocycles. The lowest BCUT2D eigenvalue weighted by molar-refractivity contribution is -0.120. The van der Waals surface area contributed by atoms with E-state index in [4.69, 9.17) is 19.9 Å². The molecule has 5 N–H and O–H groups in total. The van der Waals surface area contributed by atoms with E-state index >= 15 is 0 Å². The number of aliphatic hydroxyl groups is 1. The lowest BCUT2D eigenvalue weighted by Crippen LogP contribution is -2.36. The second kappa shape index (κ2) is 16.6. The van der Waals surface area contributed by atoms with Gasteiger partial charge in [0.15, 0.2) is 6.10 Å². The highest BCUT2D eigenvalue weighted by molar-refractivity contribution is 6.23. The number of nitrogens with one attached hydrogen (secondary N) is 2. The SMILES string of the molecule is C=CCNC1=C2C[C@@H](C)C[C@H](OC)C[C@@H](C)/C=C(\CO)[C@H](OC(N)=O)[C@@H](OC)/C=C\C=C(/C)C(=O)NC(=CC1=O)C2=O. The summed E-state index contributed by atoms with van der Waals surface area (Å²) >= 11 is 0. The Hall–Kier alpha value is -3.80. The van der Waals surface area contributed by atoms with Crippen molar-refractivity contribution in [3.63, 3.8) is 0 Å². The van der Waals surface area contributed by atoms with Gasteiger partial charge in [-0.15, -0.1) is 6.58 Å². The number of hydrogen-bond donors (Lipinski definition) is 4. The van der Waals surface area contributed by atoms with Gasteiger partial charge in [-0.3, -0.25) is 14.4 Å². The number of ketones is 2. The first-order chi connectivity index (χ1) is 19.9. The van der Waals surface area contributed by atoms with Crippen LogP contribution in [0.3, 0.4) is 0 Å². The Morgan fingerprint density at radius 3 is 2.52 bits per heavy atom. The van der Waals surface area contributed by atoms with Crippen molar-refractivity contribution < 1.29 is 38.5 Å². The number of ether oxygens (including phenoxy) is 3. The summed E-state index contributed by atoms with van der Waals surface area (Å²) in [4.78, 5) is 51.3. The molecule has 0 unspecified atom stereocenters. The zero-order valence-electron chi connectivity index (χ0n) is 25.0. The predicted molar refractivity (Wildman–Crippen MR) is 158 cm³/mol. The molecule has 2 rings (SSSR count). The van der Waals surface area contributed by atoms with Gasteiger partial charge < -0.3 is 35.7 Å². The molecule has 11 nitrogen and oxygen atoms in total. The van der Waals surface area contributed by atoms with E-state index in [9.17, 15) is 24.3 Å². The number of Topliss-reactive ketones (excluding diaryl/α,β-unsaturated/α-hetero) is 1. The minimum Gasteiger partial charge on any atom is -0.439 e. The van der Waals surface area contributed by atoms with Gasteiger partial charge in [0.25, 0.3) is 5.91 Å². The van der Waals surface area contributed by atoms with Crippen LogP contribution in [0.4, 0.5) is 4.79 Å². The second-order valence-electron chi connectivity index (χ2n) is 10.5. The molecule has 1 aliphatic carbocycles. The van der Waals surface area contributed by atoms with E-state index in [1.165, 1.54) is 19.3 Å². The maximum absolute atomic E-state index is 13.5. The number of amides is 2. The van der Waals surface area contributed by atoms with Crippen molar-refractivity contribution in [1.29, 1.82) is 0 Å². The molecule has 2 amide bonds. The molecule has 0 aromatic carbocycles. The number of methoxy groups -OCH3 is 2. The first-order valence-corrected chi connectivity index (χ1v) is 13.8. The van der Waals surface area contributed by atoms with E-state index in [0.29, 0.717) is 18.4 Å². The molecular weight excluding hydrogens is 542 g/mol. The molecule has 0 fully saturated rings. The Morgan fingerprint density at radius 2 is 1.93 bits per heavy atom. The van der Waals surface area contributed by atoms with E-state index in [2.05, 4.69) is 17.2 Å². The number of rotatable bonds is 7. The molecule has 11 heteroatoms. The van der Waals surface area contributed by atoms with Crippen molar-refractivity contribution in [2.24, 2.45) is 17.6 Å². The van der Waals surface area contributed by atoms with Gasteiger partial charge in [-0.2, -0.15) is 0 Å². The van der Waals surface area contributed by atoms with E-state index in [0.717, 1.165) is 6.08 Å². The van der Waals surface area contributed by atoms with E-state index in [1.807, 2.05) is 13.8 Å². The highest BCUT2D eigenvalue weighted by atomic mass is 16.6. The summed E-state index contributed by atoms with van der Waals surface area (Å²) in [5.41, 5.74) is 6.33. The standard InChI is InChI=1S/C31H43N3O8/c1-7-11-33-27-23-15-19(3)14-22(40-5)13-18(2)12-21(17-35)29(42-31(32)39)26(41-6)10-8-9-20(4)30(38)34-24(28(23)37)16-25(27)36/h7-10,12,16,18-19,22,26,29,33,35H,1,11,13-15,17H2,2-6H3,(H2,32,39)(H,34,38)/b10-8-,20-9+,21-12+/t18-,19-,22+,26-,29-/m0/s1. The summed E-state index contributed by atoms with van der Waals surface area (Å²) in [5, 5.41) is 15.8. The summed E-state index contributed by atoms with van der Waals surface area (Å²) in [6.07, 6.45) is 7.32. The van der Waals surface area contributed by atoms with Crippen molar-refractivity contribution in [1.82, 2.24) is 10.6 Å². The first-order valence-electron chi connectivity index (χ1n) is 13.8. The van der Waals surface area contributed by atoms with E-state index in [-0.39, 0.29) is 53.4 Å². The number of allylic oxidation sites excluding steroid dienone is 5. The van der Waals surface area contributed by atoms with Gasteiger partial charge in [-0.25, -0.2) is 4.79 Å². The monoisotopic (exact) mass is 585 g/mol. The lowest BCUT2D eigenvalue weighted by atomic mass is 9.86. The van der Waals surface area contributed by atoms with Crippen LogP contribution < -0.4 is 16.4 Å². The third-order valence-corrected chi connectivity index (χ3v) is 7.07. The number of carbonyl (C=O) groups is 4. The van der Waals surface area contributed by atoms with Crippen molar-refractivity contribution in [3.05, 3.63) is 71.1 Å². The Bertz CT molecular complexity index is 1200. The second-order valence-corrected chi connectivity index (χ2v) is 10.5. The van der Waals surface area contributed by atoms with Crippen LogP contribution in [0.1, 0.15) is 40.0 Å². The fraction of sp³-hybridized carbons (Fsp3) is 0.484. The number of aliphatic hydroxyl groups excluding tert-OH is 1. The number of fused-ring (bicyclic) bond motifs is 2. The van der Waals surface area contributed by atoms with Crippen LogP contribution in [-0.2, 0) is 28.6 Å². The number of primary amides is 1. The highest BCUT2D eigenvalue weighted by Gasteiger charge is 2.32. The molecule has 5 atom stereocenters. The van der Waals surface area contributed by atoms with Gasteiger partial charge in [0.1, 0.15) is 6.10 Å². The fourth-order valence-corrected chi connectivity index (χ4v) is 4.99. The molecular formula is C31H43N3O8. The summed E-state index contributed by atoms with van der Waals surface area (Å²) < 4.78 is 16.6. The predicted octanol–water partition coefficient (Wildman–Crippen LogP) is 2.54. The van der Waals surface area contributed by atoms with Gasteiger partial charge in [-0.1, -0.05) is 44.2 Å². The maximum Gasteiger partial charge on any atom is 0.405 e. The van der Waals surface area contributed by atoms with Crippen molar-refractivity contribution >= 4 is 23.6 Å². The van der Waals surface area contributed by atoms with Gasteiger partial charge in [0.2, 0.25) is 11.6 Å². The van der Waals surface area contributed by atoms with Crippen LogP contribution in [0.25, 0.3) is 0 Å². The van der Waals surface area contributed by atoms with Gasteiger partial charge in [-0.05, 0) is 43.6 Å². The molecule has 2 aliphatic rings. The summed E-state index contributed by atoms with van der Waals surface area (Å²) in [6.45, 7) is 8.98. The van der Waals surface area contributed by atoms with Crippen molar-refractivity contribution in [2.45, 2.75) is 58.3 Å². The fourth-order valence-electron chi connectivity index (χ4n) is 4.99. The van der Waals surface area contributed by atoms with Crippen LogP contribution in [0, 0.1) is 11.8 Å². The minimum atomic E-state index is -1.04. The number of nitrogens with two attached hydrogens (primary N) is 1. The Kier molecular flexibility index (Phi) is 13.6. The van der Waals surface area contributed by atoms with Crippen molar-refractivity contribution in [2.75, 3.05) is 27.4 Å². The molecule has 0 spiro atoms. The van der Waals surface area contributed by atoms with Gasteiger partial charge >= 0.3 is 6.09 Å². The van der Waals surface area contributed by atoms with E-state index in [1.54, 1.807) is 32.3 Å². The Labute approximate surface area is 247 Å². The van der Waals surface area contributed by atoms with Crippen LogP contribution in [0.2, 0.25) is 0 Å². The topological polar surface area (TPSA) is 166 Å². The highest BCUT2D eigenvalue weighted by Crippen LogP contribution is 2.28. The zero-order valence-corrected chi connectivity index (χ0v) is 25.0. The molecule has 42 heavy (non-hydrogen) atoms. The number of carbonyl (C=O) groups excluding carboxylic acids is 4. The summed E-state index contributed by atoms with van der Waals surface area (Å²) in [6, 6.07) is 0. The third-order valence-electron chi connectivity index (χ3n) is 7.07. The largest absolute Gasteiger partial charge is 0.439 e. The third kappa shape index (κ3) is 9.64. The average Bonchev–Trinajstić information content (AvgIpc) is 2.94. The van der Waals surface area contributed by atoms with Gasteiger partial charge in [0.05, 0.1) is 24.1 Å². The zero-order chi connectivity index (χ0) is 31.4. The Morgan fingerprint density at radius 1 is 1.21 bits per heavy atom. The molecule has 0 aromatic heterocycles. The lowest BCUT2D eigenvalue weighted by Gasteiger charge is -2.27. The molecule has 0 saturated heterocycles. The quantitative estimate of drug-likeness (QED) is 0.259. The van der Waals surface area contributed by atoms with E-state index < -0.39 is 42.4 Å². The first kappa shape index (κ1) is 34.4. The Balaban J connectivity index is 2.60. The van der Waals surface area contributed by atoms with Crippen LogP contribution in [0.15, 0.2) is 71.1 Å². The number of hydrogen-bond acceptors (Lipinski definition) is 9. The molecule has 1 aliphatic heterocycles. The van der Waals surface area contributed by atoms with Crippen LogP contribution in [0.5, 0.6) is 0 Å². The molecule has 0 saturated carbocycles. The minimum absolute atomic E-state index is 0.0810. The molecule has 0 aromatic rings. The van der Waals surface area contributed by atoms with Crippen molar-refractivity contribution in [3.8, 4) is 0 Å². The normalized spacial score (nSPS) is 29.8.